The average Bonchev–Trinajstić information content (AvgIpc) is 3.71. The van der Waals surface area contributed by atoms with Crippen molar-refractivity contribution >= 4 is 21.8 Å². The summed E-state index contributed by atoms with van der Waals surface area (Å²) in [6.07, 6.45) is 7.13. The molecule has 0 unspecified atom stereocenters. The molecule has 1 spiro atoms. The molecular weight excluding hydrogens is 603 g/mol. The fraction of sp³-hybridized carbons (Fsp3) is 0.265. The third kappa shape index (κ3) is 3.35. The van der Waals surface area contributed by atoms with Crippen molar-refractivity contribution in [3.63, 3.8) is 0 Å². The lowest BCUT2D eigenvalue weighted by atomic mass is 9.43. The Morgan fingerprint density at radius 3 is 1.86 bits per heavy atom. The summed E-state index contributed by atoms with van der Waals surface area (Å²) in [5, 5.41) is 2.65. The first kappa shape index (κ1) is 27.9. The summed E-state index contributed by atoms with van der Waals surface area (Å²) in [4.78, 5) is 0. The first-order valence-electron chi connectivity index (χ1n) is 19.0. The molecule has 50 heavy (non-hydrogen) atoms. The molecule has 4 fully saturated rings. The number of rotatable bonds is 2. The predicted molar refractivity (Wildman–Crippen MR) is 207 cm³/mol. The van der Waals surface area contributed by atoms with Crippen molar-refractivity contribution < 1.29 is 0 Å². The van der Waals surface area contributed by atoms with Crippen LogP contribution < -0.4 is 0 Å². The molecule has 0 radical (unpaired) electrons. The van der Waals surface area contributed by atoms with Gasteiger partial charge in [-0.3, -0.25) is 0 Å². The van der Waals surface area contributed by atoms with E-state index in [9.17, 15) is 0 Å². The fourth-order valence-electron chi connectivity index (χ4n) is 12.6. The summed E-state index contributed by atoms with van der Waals surface area (Å²) in [6.45, 7) is 4.72. The smallest absolute Gasteiger partial charge is 0.0541 e. The summed E-state index contributed by atoms with van der Waals surface area (Å²) in [7, 11) is 0. The molecule has 1 heteroatoms. The minimum atomic E-state index is 0.0221. The maximum absolute atomic E-state index is 2.64. The maximum atomic E-state index is 2.64. The molecule has 4 saturated carbocycles. The number of aromatic nitrogens is 1. The van der Waals surface area contributed by atoms with Crippen LogP contribution in [-0.4, -0.2) is 4.57 Å². The quantitative estimate of drug-likeness (QED) is 0.177. The van der Waals surface area contributed by atoms with E-state index in [4.69, 9.17) is 0 Å². The molecule has 0 amide bonds. The van der Waals surface area contributed by atoms with Crippen molar-refractivity contribution in [1.29, 1.82) is 0 Å². The first-order chi connectivity index (χ1) is 24.5. The molecule has 0 atom stereocenters. The van der Waals surface area contributed by atoms with Gasteiger partial charge in [-0.15, -0.1) is 0 Å². The van der Waals surface area contributed by atoms with E-state index >= 15 is 0 Å². The largest absolute Gasteiger partial charge is 0.309 e. The molecule has 1 nitrogen and oxygen atoms in total. The predicted octanol–water partition coefficient (Wildman–Crippen LogP) is 12.5. The van der Waals surface area contributed by atoms with Gasteiger partial charge in [0.2, 0.25) is 0 Å². The number of fused-ring (bicyclic) bond motifs is 9. The molecule has 6 aliphatic carbocycles. The Balaban J connectivity index is 1.04. The molecule has 1 heterocycles. The van der Waals surface area contributed by atoms with Gasteiger partial charge in [-0.1, -0.05) is 105 Å². The molecule has 6 aromatic carbocycles. The van der Waals surface area contributed by atoms with Crippen molar-refractivity contribution in [3.8, 4) is 39.1 Å². The molecular formula is C49H41N. The highest BCUT2D eigenvalue weighted by Gasteiger charge is 2.61. The molecule has 13 rings (SSSR count). The Morgan fingerprint density at radius 2 is 1.06 bits per heavy atom. The highest BCUT2D eigenvalue weighted by atomic mass is 15.0. The standard InChI is InChI=1S/C49H41N/c1-48(2)42-12-6-3-10-37(42)40-26-31(15-19-43(40)48)32-16-20-47-41(27-32)39-11-5-8-14-46(39)50(47)35-17-18-38-36-9-4-7-13-44(36)49(45(38)28-35)33-22-29-21-30(24-33)25-34(49)23-29/h3-20,26-30,33-34H,21-25H2,1-2H3. The lowest BCUT2D eigenvalue weighted by molar-refractivity contribution is -0.0399. The van der Waals surface area contributed by atoms with Crippen LogP contribution >= 0.6 is 0 Å². The van der Waals surface area contributed by atoms with Crippen LogP contribution in [-0.2, 0) is 10.8 Å². The number of hydrogen-bond acceptors (Lipinski definition) is 0. The van der Waals surface area contributed by atoms with E-state index < -0.39 is 0 Å². The number of nitrogens with zero attached hydrogens (tertiary/aromatic N) is 1. The van der Waals surface area contributed by atoms with Gasteiger partial charge in [0.25, 0.3) is 0 Å². The fourth-order valence-corrected chi connectivity index (χ4v) is 12.6. The monoisotopic (exact) mass is 643 g/mol. The van der Waals surface area contributed by atoms with E-state index in [1.807, 2.05) is 0 Å². The second kappa shape index (κ2) is 9.46. The van der Waals surface area contributed by atoms with Gasteiger partial charge in [0.1, 0.15) is 0 Å². The molecule has 4 bridgehead atoms. The van der Waals surface area contributed by atoms with Crippen LogP contribution in [0.2, 0.25) is 0 Å². The first-order valence-corrected chi connectivity index (χ1v) is 19.0. The highest BCUT2D eigenvalue weighted by molar-refractivity contribution is 6.10. The number of hydrogen-bond donors (Lipinski definition) is 0. The van der Waals surface area contributed by atoms with Crippen LogP contribution in [0.15, 0.2) is 127 Å². The zero-order chi connectivity index (χ0) is 32.9. The van der Waals surface area contributed by atoms with E-state index in [-0.39, 0.29) is 10.8 Å². The molecule has 7 aromatic rings. The van der Waals surface area contributed by atoms with Crippen molar-refractivity contribution in [2.45, 2.75) is 56.8 Å². The Hall–Kier alpha value is -4.88. The van der Waals surface area contributed by atoms with Crippen molar-refractivity contribution in [2.24, 2.45) is 23.7 Å². The van der Waals surface area contributed by atoms with Crippen LogP contribution in [0.5, 0.6) is 0 Å². The molecule has 242 valence electrons. The van der Waals surface area contributed by atoms with Crippen LogP contribution in [0.25, 0.3) is 60.9 Å². The molecule has 6 aliphatic rings. The van der Waals surface area contributed by atoms with Crippen molar-refractivity contribution in [2.75, 3.05) is 0 Å². The molecule has 0 N–H and O–H groups in total. The van der Waals surface area contributed by atoms with E-state index in [1.165, 1.54) is 104 Å². The third-order valence-corrected chi connectivity index (χ3v) is 14.4. The normalized spacial score (nSPS) is 26.0. The lowest BCUT2D eigenvalue weighted by Gasteiger charge is -2.61. The number of para-hydroxylation sites is 1. The Kier molecular flexibility index (Phi) is 5.28. The van der Waals surface area contributed by atoms with Crippen LogP contribution in [0.3, 0.4) is 0 Å². The van der Waals surface area contributed by atoms with Crippen LogP contribution in [0.1, 0.15) is 68.2 Å². The third-order valence-electron chi connectivity index (χ3n) is 14.4. The Labute approximate surface area is 294 Å². The zero-order valence-electron chi connectivity index (χ0n) is 28.9. The molecule has 0 aliphatic heterocycles. The van der Waals surface area contributed by atoms with Crippen LogP contribution in [0, 0.1) is 23.7 Å². The summed E-state index contributed by atoms with van der Waals surface area (Å²) >= 11 is 0. The maximum Gasteiger partial charge on any atom is 0.0541 e. The topological polar surface area (TPSA) is 4.93 Å². The molecule has 1 aromatic heterocycles. The lowest BCUT2D eigenvalue weighted by Crippen LogP contribution is -2.55. The summed E-state index contributed by atoms with van der Waals surface area (Å²) in [5.74, 6) is 3.42. The van der Waals surface area contributed by atoms with Crippen molar-refractivity contribution in [3.05, 3.63) is 150 Å². The second-order valence-corrected chi connectivity index (χ2v) is 17.0. The minimum Gasteiger partial charge on any atom is -0.309 e. The van der Waals surface area contributed by atoms with E-state index in [0.29, 0.717) is 0 Å². The number of benzene rings is 6. The summed E-state index contributed by atoms with van der Waals surface area (Å²) < 4.78 is 2.56. The van der Waals surface area contributed by atoms with Gasteiger partial charge in [-0.25, -0.2) is 0 Å². The zero-order valence-corrected chi connectivity index (χ0v) is 28.9. The molecule has 0 saturated heterocycles. The van der Waals surface area contributed by atoms with E-state index in [1.54, 1.807) is 11.1 Å². The summed E-state index contributed by atoms with van der Waals surface area (Å²) in [6, 6.07) is 49.4. The Morgan fingerprint density at radius 1 is 0.460 bits per heavy atom. The van der Waals surface area contributed by atoms with Gasteiger partial charge in [-0.05, 0) is 148 Å². The minimum absolute atomic E-state index is 0.0221. The van der Waals surface area contributed by atoms with Gasteiger partial charge in [0, 0.05) is 27.3 Å². The van der Waals surface area contributed by atoms with Gasteiger partial charge >= 0.3 is 0 Å². The van der Waals surface area contributed by atoms with Gasteiger partial charge < -0.3 is 4.57 Å². The van der Waals surface area contributed by atoms with E-state index in [0.717, 1.165) is 23.7 Å². The SMILES string of the molecule is CC1(C)c2ccccc2-c2cc(-c3ccc4c(c3)c3ccccc3n4-c3ccc4c(c3)C3(c5ccccc5-4)C4CC5CC(C4)CC3C5)ccc21. The van der Waals surface area contributed by atoms with E-state index in [2.05, 4.69) is 146 Å². The van der Waals surface area contributed by atoms with Gasteiger partial charge in [-0.2, -0.15) is 0 Å². The van der Waals surface area contributed by atoms with Gasteiger partial charge in [0.15, 0.2) is 0 Å². The van der Waals surface area contributed by atoms with Gasteiger partial charge in [0.05, 0.1) is 11.0 Å². The average molecular weight is 644 g/mol. The van der Waals surface area contributed by atoms with Crippen molar-refractivity contribution in [1.82, 2.24) is 4.57 Å². The summed E-state index contributed by atoms with van der Waals surface area (Å²) in [5.41, 5.74) is 18.5. The highest BCUT2D eigenvalue weighted by Crippen LogP contribution is 2.69. The Bertz CT molecular complexity index is 2560. The van der Waals surface area contributed by atoms with Crippen LogP contribution in [0.4, 0.5) is 0 Å². The second-order valence-electron chi connectivity index (χ2n) is 17.0.